The van der Waals surface area contributed by atoms with Gasteiger partial charge in [-0.3, -0.25) is 9.59 Å². The predicted octanol–water partition coefficient (Wildman–Crippen LogP) is 4.19. The molecule has 3 aromatic rings. The van der Waals surface area contributed by atoms with E-state index in [0.717, 1.165) is 0 Å². The van der Waals surface area contributed by atoms with E-state index in [-0.39, 0.29) is 23.7 Å². The summed E-state index contributed by atoms with van der Waals surface area (Å²) in [7, 11) is 0. The molecule has 9 heteroatoms. The molecule has 0 spiro atoms. The largest absolute Gasteiger partial charge is 0.486 e. The summed E-state index contributed by atoms with van der Waals surface area (Å²) in [5, 5.41) is 10.9. The average Bonchev–Trinajstić information content (AvgIpc) is 3.11. The van der Waals surface area contributed by atoms with Crippen molar-refractivity contribution in [3.8, 4) is 5.75 Å². The quantitative estimate of drug-likeness (QED) is 0.290. The zero-order valence-electron chi connectivity index (χ0n) is 19.5. The number of aromatic nitrogens is 3. The lowest BCUT2D eigenvalue weighted by Crippen LogP contribution is -2.24. The number of thioether (sulfide) groups is 1. The highest BCUT2D eigenvalue weighted by atomic mass is 32.2. The van der Waals surface area contributed by atoms with E-state index in [2.05, 4.69) is 36.3 Å². The van der Waals surface area contributed by atoms with E-state index in [4.69, 9.17) is 10.6 Å². The van der Waals surface area contributed by atoms with Crippen molar-refractivity contribution in [2.24, 2.45) is 0 Å². The van der Waals surface area contributed by atoms with Crippen LogP contribution in [0.1, 0.15) is 56.4 Å². The Morgan fingerprint density at radius 3 is 2.48 bits per heavy atom. The van der Waals surface area contributed by atoms with Crippen LogP contribution >= 0.6 is 11.8 Å². The third-order valence-electron chi connectivity index (χ3n) is 5.01. The maximum absolute atomic E-state index is 12.6. The van der Waals surface area contributed by atoms with Crippen LogP contribution in [0.15, 0.2) is 53.7 Å². The van der Waals surface area contributed by atoms with Crippen molar-refractivity contribution in [3.63, 3.8) is 0 Å². The molecule has 0 aliphatic heterocycles. The van der Waals surface area contributed by atoms with Gasteiger partial charge in [-0.15, -0.1) is 10.2 Å². The molecule has 174 valence electrons. The smallest absolute Gasteiger partial charge is 0.237 e. The Bertz CT molecular complexity index is 1140. The molecule has 1 aromatic heterocycles. The first-order valence-electron chi connectivity index (χ1n) is 10.6. The van der Waals surface area contributed by atoms with Crippen LogP contribution in [-0.4, -0.2) is 31.8 Å². The summed E-state index contributed by atoms with van der Waals surface area (Å²) in [5.74, 6) is 6.98. The van der Waals surface area contributed by atoms with Gasteiger partial charge in [0.15, 0.2) is 11.6 Å². The lowest BCUT2D eigenvalue weighted by Gasteiger charge is -2.19. The van der Waals surface area contributed by atoms with E-state index in [0.29, 0.717) is 28.0 Å². The second-order valence-electron chi connectivity index (χ2n) is 8.72. The maximum Gasteiger partial charge on any atom is 0.237 e. The number of carbonyl (C=O) groups excluding carboxylic acids is 2. The van der Waals surface area contributed by atoms with Crippen LogP contribution in [0.3, 0.4) is 0 Å². The maximum atomic E-state index is 12.6. The molecule has 3 rings (SSSR count). The predicted molar refractivity (Wildman–Crippen MR) is 130 cm³/mol. The van der Waals surface area contributed by atoms with E-state index in [1.165, 1.54) is 28.9 Å². The molecule has 2 aromatic carbocycles. The standard InChI is InChI=1S/C24H29N5O3S/c1-15(30)17-7-6-8-19(13-17)26-22(31)16(2)33-23-28-27-21(29(23)25)14-32-20-11-9-18(10-12-20)24(3,4)5/h6-13,16H,14,25H2,1-5H3,(H,26,31)/t16-/m0/s1. The molecule has 0 fully saturated rings. The van der Waals surface area contributed by atoms with Crippen molar-refractivity contribution >= 4 is 29.1 Å². The number of hydrogen-bond acceptors (Lipinski definition) is 7. The fourth-order valence-electron chi connectivity index (χ4n) is 2.96. The number of Topliss-reactive ketones (excluding diaryl/α,β-unsaturated/α-hetero) is 1. The van der Waals surface area contributed by atoms with Gasteiger partial charge in [0.25, 0.3) is 0 Å². The molecule has 0 saturated heterocycles. The number of carbonyl (C=O) groups is 2. The summed E-state index contributed by atoms with van der Waals surface area (Å²) in [6.45, 7) is 9.85. The normalized spacial score (nSPS) is 12.3. The highest BCUT2D eigenvalue weighted by molar-refractivity contribution is 8.00. The van der Waals surface area contributed by atoms with Crippen LogP contribution in [0.5, 0.6) is 5.75 Å². The minimum absolute atomic E-state index is 0.0651. The fraction of sp³-hybridized carbons (Fsp3) is 0.333. The molecule has 0 bridgehead atoms. The lowest BCUT2D eigenvalue weighted by molar-refractivity contribution is -0.115. The Balaban J connectivity index is 1.58. The summed E-state index contributed by atoms with van der Waals surface area (Å²) in [6, 6.07) is 14.7. The molecular weight excluding hydrogens is 438 g/mol. The molecule has 1 amide bonds. The molecular formula is C24H29N5O3S. The number of amides is 1. The SMILES string of the molecule is CC(=O)c1cccc(NC(=O)[C@H](C)Sc2nnc(COc3ccc(C(C)(C)C)cc3)n2N)c1. The van der Waals surface area contributed by atoms with Gasteiger partial charge in [-0.25, -0.2) is 4.68 Å². The molecule has 8 nitrogen and oxygen atoms in total. The van der Waals surface area contributed by atoms with E-state index >= 15 is 0 Å². The summed E-state index contributed by atoms with van der Waals surface area (Å²) in [5.41, 5.74) is 2.38. The highest BCUT2D eigenvalue weighted by Gasteiger charge is 2.20. The number of nitrogens with zero attached hydrogens (tertiary/aromatic N) is 3. The Labute approximate surface area is 197 Å². The molecule has 1 atom stereocenters. The van der Waals surface area contributed by atoms with Gasteiger partial charge in [-0.2, -0.15) is 0 Å². The van der Waals surface area contributed by atoms with E-state index < -0.39 is 5.25 Å². The van der Waals surface area contributed by atoms with Crippen LogP contribution in [0.25, 0.3) is 0 Å². The summed E-state index contributed by atoms with van der Waals surface area (Å²) in [4.78, 5) is 24.1. The van der Waals surface area contributed by atoms with E-state index in [9.17, 15) is 9.59 Å². The topological polar surface area (TPSA) is 112 Å². The third kappa shape index (κ3) is 6.35. The number of nitrogen functional groups attached to an aromatic ring is 1. The second-order valence-corrected chi connectivity index (χ2v) is 10.0. The number of anilines is 1. The fourth-order valence-corrected chi connectivity index (χ4v) is 3.75. The lowest BCUT2D eigenvalue weighted by atomic mass is 9.87. The Morgan fingerprint density at radius 2 is 1.85 bits per heavy atom. The molecule has 1 heterocycles. The first-order valence-corrected chi connectivity index (χ1v) is 11.4. The minimum atomic E-state index is -0.490. The number of nitrogens with two attached hydrogens (primary N) is 1. The molecule has 0 aliphatic rings. The van der Waals surface area contributed by atoms with Gasteiger partial charge in [-0.1, -0.05) is 56.8 Å². The van der Waals surface area contributed by atoms with E-state index in [1.807, 2.05) is 24.3 Å². The summed E-state index contributed by atoms with van der Waals surface area (Å²) < 4.78 is 7.12. The molecule has 0 saturated carbocycles. The highest BCUT2D eigenvalue weighted by Crippen LogP contribution is 2.25. The number of rotatable bonds is 8. The molecule has 0 aliphatic carbocycles. The first-order chi connectivity index (χ1) is 15.5. The van der Waals surface area contributed by atoms with Crippen molar-refractivity contribution in [1.29, 1.82) is 0 Å². The van der Waals surface area contributed by atoms with E-state index in [1.54, 1.807) is 31.2 Å². The van der Waals surface area contributed by atoms with Crippen LogP contribution in [0.2, 0.25) is 0 Å². The number of benzene rings is 2. The molecule has 33 heavy (non-hydrogen) atoms. The molecule has 3 N–H and O–H groups in total. The molecule has 0 unspecified atom stereocenters. The van der Waals surface area contributed by atoms with Crippen LogP contribution in [0, 0.1) is 0 Å². The van der Waals surface area contributed by atoms with Crippen molar-refractivity contribution in [1.82, 2.24) is 14.9 Å². The van der Waals surface area contributed by atoms with Gasteiger partial charge < -0.3 is 15.9 Å². The van der Waals surface area contributed by atoms with Gasteiger partial charge in [0.1, 0.15) is 12.4 Å². The summed E-state index contributed by atoms with van der Waals surface area (Å²) >= 11 is 1.19. The zero-order valence-corrected chi connectivity index (χ0v) is 20.3. The molecule has 0 radical (unpaired) electrons. The van der Waals surface area contributed by atoms with Gasteiger partial charge in [-0.05, 0) is 49.1 Å². The Hall–Kier alpha value is -3.33. The van der Waals surface area contributed by atoms with Crippen LogP contribution in [-0.2, 0) is 16.8 Å². The van der Waals surface area contributed by atoms with Gasteiger partial charge >= 0.3 is 0 Å². The van der Waals surface area contributed by atoms with Gasteiger partial charge in [0, 0.05) is 11.3 Å². The Morgan fingerprint density at radius 1 is 1.15 bits per heavy atom. The zero-order chi connectivity index (χ0) is 24.2. The van der Waals surface area contributed by atoms with Crippen molar-refractivity contribution in [2.45, 2.75) is 57.0 Å². The van der Waals surface area contributed by atoms with Gasteiger partial charge in [0.2, 0.25) is 11.1 Å². The number of hydrogen-bond donors (Lipinski definition) is 2. The number of ketones is 1. The van der Waals surface area contributed by atoms with Crippen LogP contribution in [0.4, 0.5) is 5.69 Å². The van der Waals surface area contributed by atoms with Crippen molar-refractivity contribution in [3.05, 3.63) is 65.5 Å². The third-order valence-corrected chi connectivity index (χ3v) is 6.07. The summed E-state index contributed by atoms with van der Waals surface area (Å²) in [6.07, 6.45) is 0. The Kier molecular flexibility index (Phi) is 7.43. The van der Waals surface area contributed by atoms with Gasteiger partial charge in [0.05, 0.1) is 5.25 Å². The first kappa shape index (κ1) is 24.3. The van der Waals surface area contributed by atoms with Crippen molar-refractivity contribution in [2.75, 3.05) is 11.2 Å². The van der Waals surface area contributed by atoms with Crippen LogP contribution < -0.4 is 15.9 Å². The minimum Gasteiger partial charge on any atom is -0.486 e. The number of ether oxygens (including phenoxy) is 1. The second kappa shape index (κ2) is 10.1. The number of nitrogens with one attached hydrogen (secondary N) is 1. The monoisotopic (exact) mass is 467 g/mol. The average molecular weight is 468 g/mol. The van der Waals surface area contributed by atoms with Crippen molar-refractivity contribution < 1.29 is 14.3 Å².